The zero-order valence-corrected chi connectivity index (χ0v) is 11.1. The van der Waals surface area contributed by atoms with Crippen LogP contribution in [0, 0.1) is 0 Å². The summed E-state index contributed by atoms with van der Waals surface area (Å²) < 4.78 is 2.10. The summed E-state index contributed by atoms with van der Waals surface area (Å²) in [6.07, 6.45) is 5.87. The van der Waals surface area contributed by atoms with Crippen LogP contribution in [0.2, 0.25) is 0 Å². The van der Waals surface area contributed by atoms with Crippen molar-refractivity contribution in [3.05, 3.63) is 17.3 Å². The minimum atomic E-state index is 0.564. The maximum Gasteiger partial charge on any atom is 0.194 e. The second-order valence-electron chi connectivity index (χ2n) is 3.68. The van der Waals surface area contributed by atoms with E-state index in [1.807, 2.05) is 23.3 Å². The molecule has 0 saturated heterocycles. The lowest BCUT2D eigenvalue weighted by molar-refractivity contribution is 0.778. The van der Waals surface area contributed by atoms with Gasteiger partial charge in [0.2, 0.25) is 0 Å². The van der Waals surface area contributed by atoms with Gasteiger partial charge in [-0.15, -0.1) is 23.1 Å². The van der Waals surface area contributed by atoms with Gasteiger partial charge in [-0.25, -0.2) is 4.98 Å². The highest BCUT2D eigenvalue weighted by Gasteiger charge is 2.11. The molecule has 0 fully saturated rings. The van der Waals surface area contributed by atoms with Crippen molar-refractivity contribution in [3.8, 4) is 0 Å². The van der Waals surface area contributed by atoms with Crippen LogP contribution in [0.5, 0.6) is 0 Å². The average Bonchev–Trinajstić information content (AvgIpc) is 2.84. The first kappa shape index (κ1) is 12.0. The molecule has 0 aliphatic rings. The van der Waals surface area contributed by atoms with E-state index in [9.17, 15) is 0 Å². The molecule has 0 amide bonds. The molecule has 0 radical (unpaired) electrons. The number of aromatic nitrogens is 2. The smallest absolute Gasteiger partial charge is 0.194 e. The van der Waals surface area contributed by atoms with E-state index in [4.69, 9.17) is 5.73 Å². The topological polar surface area (TPSA) is 43.3 Å². The monoisotopic (exact) mass is 255 g/mol. The standard InChI is InChI=1S/C11H17N3S2/c1-2-3-4-6-15-10-9(8-12)14-5-7-16-11(14)13-10/h5,7H,2-4,6,8,12H2,1H3. The predicted molar refractivity (Wildman–Crippen MR) is 71.2 cm³/mol. The molecule has 0 unspecified atom stereocenters. The van der Waals surface area contributed by atoms with Crippen molar-refractivity contribution in [2.75, 3.05) is 5.75 Å². The molecule has 16 heavy (non-hydrogen) atoms. The third-order valence-corrected chi connectivity index (χ3v) is 4.35. The van der Waals surface area contributed by atoms with Gasteiger partial charge in [0.25, 0.3) is 0 Å². The van der Waals surface area contributed by atoms with Crippen molar-refractivity contribution in [3.63, 3.8) is 0 Å². The number of nitrogens with zero attached hydrogens (tertiary/aromatic N) is 2. The zero-order chi connectivity index (χ0) is 11.4. The van der Waals surface area contributed by atoms with Gasteiger partial charge in [-0.05, 0) is 12.2 Å². The Bertz CT molecular complexity index is 447. The summed E-state index contributed by atoms with van der Waals surface area (Å²) in [5.41, 5.74) is 6.93. The molecule has 2 rings (SSSR count). The minimum Gasteiger partial charge on any atom is -0.325 e. The number of hydrogen-bond acceptors (Lipinski definition) is 4. The number of thiazole rings is 1. The molecule has 2 aromatic rings. The summed E-state index contributed by atoms with van der Waals surface area (Å²) >= 11 is 3.50. The number of hydrogen-bond donors (Lipinski definition) is 1. The number of thioether (sulfide) groups is 1. The largest absolute Gasteiger partial charge is 0.325 e. The van der Waals surface area contributed by atoms with Crippen molar-refractivity contribution in [1.29, 1.82) is 0 Å². The lowest BCUT2D eigenvalue weighted by Gasteiger charge is -2.00. The van der Waals surface area contributed by atoms with Crippen LogP contribution in [-0.2, 0) is 6.54 Å². The SMILES string of the molecule is CCCCCSc1nc2sccn2c1CN. The van der Waals surface area contributed by atoms with Gasteiger partial charge in [-0.1, -0.05) is 19.8 Å². The van der Waals surface area contributed by atoms with Gasteiger partial charge in [-0.2, -0.15) is 0 Å². The van der Waals surface area contributed by atoms with E-state index in [0.29, 0.717) is 6.54 Å². The molecule has 0 saturated carbocycles. The summed E-state index contributed by atoms with van der Waals surface area (Å²) in [5, 5.41) is 3.16. The Morgan fingerprint density at radius 1 is 1.50 bits per heavy atom. The highest BCUT2D eigenvalue weighted by Crippen LogP contribution is 2.26. The summed E-state index contributed by atoms with van der Waals surface area (Å²) in [7, 11) is 0. The van der Waals surface area contributed by atoms with Crippen LogP contribution in [0.4, 0.5) is 0 Å². The van der Waals surface area contributed by atoms with Crippen molar-refractivity contribution in [2.45, 2.75) is 37.8 Å². The first-order chi connectivity index (χ1) is 7.86. The Hall–Kier alpha value is -0.520. The quantitative estimate of drug-likeness (QED) is 0.637. The van der Waals surface area contributed by atoms with E-state index < -0.39 is 0 Å². The Balaban J connectivity index is 2.07. The first-order valence-electron chi connectivity index (χ1n) is 5.64. The molecule has 2 N–H and O–H groups in total. The fourth-order valence-corrected chi connectivity index (χ4v) is 3.47. The lowest BCUT2D eigenvalue weighted by atomic mass is 10.3. The van der Waals surface area contributed by atoms with E-state index >= 15 is 0 Å². The summed E-state index contributed by atoms with van der Waals surface area (Å²) in [6, 6.07) is 0. The van der Waals surface area contributed by atoms with E-state index in [1.54, 1.807) is 11.3 Å². The van der Waals surface area contributed by atoms with Crippen LogP contribution < -0.4 is 5.73 Å². The van der Waals surface area contributed by atoms with E-state index in [0.717, 1.165) is 21.4 Å². The highest BCUT2D eigenvalue weighted by molar-refractivity contribution is 7.99. The van der Waals surface area contributed by atoms with Crippen LogP contribution >= 0.6 is 23.1 Å². The van der Waals surface area contributed by atoms with Crippen LogP contribution in [0.25, 0.3) is 4.96 Å². The third-order valence-electron chi connectivity index (χ3n) is 2.50. The molecule has 0 bridgehead atoms. The summed E-state index contributed by atoms with van der Waals surface area (Å²) in [5.74, 6) is 1.14. The van der Waals surface area contributed by atoms with Crippen molar-refractivity contribution < 1.29 is 0 Å². The van der Waals surface area contributed by atoms with Gasteiger partial charge in [0.15, 0.2) is 4.96 Å². The van der Waals surface area contributed by atoms with Crippen LogP contribution in [0.1, 0.15) is 31.9 Å². The Morgan fingerprint density at radius 3 is 3.12 bits per heavy atom. The van der Waals surface area contributed by atoms with Crippen LogP contribution in [-0.4, -0.2) is 15.1 Å². The summed E-state index contributed by atoms with van der Waals surface area (Å²) in [6.45, 7) is 2.79. The fraction of sp³-hybridized carbons (Fsp3) is 0.545. The number of fused-ring (bicyclic) bond motifs is 1. The van der Waals surface area contributed by atoms with Gasteiger partial charge in [0, 0.05) is 18.1 Å². The number of nitrogens with two attached hydrogens (primary N) is 1. The molecule has 2 aromatic heterocycles. The molecule has 0 aliphatic carbocycles. The molecule has 0 aromatic carbocycles. The van der Waals surface area contributed by atoms with Gasteiger partial charge in [0.05, 0.1) is 5.69 Å². The molecule has 0 spiro atoms. The van der Waals surface area contributed by atoms with Crippen molar-refractivity contribution in [2.24, 2.45) is 5.73 Å². The molecular weight excluding hydrogens is 238 g/mol. The normalized spacial score (nSPS) is 11.4. The lowest BCUT2D eigenvalue weighted by Crippen LogP contribution is -2.01. The number of imidazole rings is 1. The number of rotatable bonds is 6. The second-order valence-corrected chi connectivity index (χ2v) is 5.64. The molecule has 2 heterocycles. The van der Waals surface area contributed by atoms with E-state index in [-0.39, 0.29) is 0 Å². The van der Waals surface area contributed by atoms with Gasteiger partial charge in [0.1, 0.15) is 5.03 Å². The minimum absolute atomic E-state index is 0.564. The average molecular weight is 255 g/mol. The molecule has 88 valence electrons. The maximum atomic E-state index is 5.78. The first-order valence-corrected chi connectivity index (χ1v) is 7.50. The van der Waals surface area contributed by atoms with E-state index in [1.165, 1.54) is 19.3 Å². The highest BCUT2D eigenvalue weighted by atomic mass is 32.2. The van der Waals surface area contributed by atoms with Gasteiger partial charge < -0.3 is 5.73 Å². The number of unbranched alkanes of at least 4 members (excludes halogenated alkanes) is 2. The van der Waals surface area contributed by atoms with E-state index in [2.05, 4.69) is 16.3 Å². The zero-order valence-electron chi connectivity index (χ0n) is 9.48. The van der Waals surface area contributed by atoms with Gasteiger partial charge >= 0.3 is 0 Å². The van der Waals surface area contributed by atoms with Gasteiger partial charge in [-0.3, -0.25) is 4.40 Å². The Kier molecular flexibility index (Phi) is 4.26. The fourth-order valence-electron chi connectivity index (χ4n) is 1.63. The molecule has 3 nitrogen and oxygen atoms in total. The third kappa shape index (κ3) is 2.42. The second kappa shape index (κ2) is 5.70. The molecule has 0 aliphatic heterocycles. The molecular formula is C11H17N3S2. The summed E-state index contributed by atoms with van der Waals surface area (Å²) in [4.78, 5) is 5.66. The molecule has 5 heteroatoms. The Morgan fingerprint density at radius 2 is 2.38 bits per heavy atom. The molecule has 0 atom stereocenters. The predicted octanol–water partition coefficient (Wildman–Crippen LogP) is 3.14. The van der Waals surface area contributed by atoms with Crippen LogP contribution in [0.15, 0.2) is 16.6 Å². The van der Waals surface area contributed by atoms with Crippen molar-refractivity contribution >= 4 is 28.1 Å². The Labute approximate surface area is 104 Å². The maximum absolute atomic E-state index is 5.78. The van der Waals surface area contributed by atoms with Crippen LogP contribution in [0.3, 0.4) is 0 Å². The van der Waals surface area contributed by atoms with Crippen molar-refractivity contribution in [1.82, 2.24) is 9.38 Å².